The Labute approximate surface area is 223 Å². The van der Waals surface area contributed by atoms with Crippen LogP contribution in [0.25, 0.3) is 11.3 Å². The number of carbonyl (C=O) groups is 1. The topological polar surface area (TPSA) is 85.8 Å². The van der Waals surface area contributed by atoms with Crippen molar-refractivity contribution >= 4 is 5.91 Å². The van der Waals surface area contributed by atoms with Crippen LogP contribution in [0.15, 0.2) is 30.5 Å². The summed E-state index contributed by atoms with van der Waals surface area (Å²) in [6.07, 6.45) is 7.86. The highest BCUT2D eigenvalue weighted by atomic mass is 19.1. The van der Waals surface area contributed by atoms with Crippen LogP contribution in [0.2, 0.25) is 0 Å². The average Bonchev–Trinajstić information content (AvgIpc) is 3.30. The van der Waals surface area contributed by atoms with Gasteiger partial charge in [0.2, 0.25) is 5.88 Å². The highest BCUT2D eigenvalue weighted by Gasteiger charge is 2.57. The van der Waals surface area contributed by atoms with Crippen molar-refractivity contribution in [2.75, 3.05) is 32.8 Å². The number of pyridine rings is 2. The van der Waals surface area contributed by atoms with E-state index in [-0.39, 0.29) is 17.4 Å². The van der Waals surface area contributed by atoms with Gasteiger partial charge in [0.15, 0.2) is 11.4 Å². The van der Waals surface area contributed by atoms with E-state index < -0.39 is 5.67 Å². The van der Waals surface area contributed by atoms with Gasteiger partial charge in [-0.25, -0.2) is 14.4 Å². The van der Waals surface area contributed by atoms with Gasteiger partial charge in [-0.2, -0.15) is 0 Å². The number of nitrogens with one attached hydrogen (secondary N) is 1. The summed E-state index contributed by atoms with van der Waals surface area (Å²) >= 11 is 0. The molecule has 2 saturated carbocycles. The number of nitrogens with zero attached hydrogens (tertiary/aromatic N) is 3. The van der Waals surface area contributed by atoms with Crippen LogP contribution < -0.4 is 19.5 Å². The number of hydrogen-bond acceptors (Lipinski definition) is 7. The van der Waals surface area contributed by atoms with E-state index in [1.54, 1.807) is 11.1 Å². The summed E-state index contributed by atoms with van der Waals surface area (Å²) in [4.78, 5) is 23.5. The van der Waals surface area contributed by atoms with Gasteiger partial charge in [-0.3, -0.25) is 4.79 Å². The Balaban J connectivity index is 1.11. The lowest BCUT2D eigenvalue weighted by molar-refractivity contribution is -0.171. The van der Waals surface area contributed by atoms with E-state index in [0.29, 0.717) is 62.7 Å². The minimum absolute atomic E-state index is 0.0266. The molecule has 38 heavy (non-hydrogen) atoms. The maximum absolute atomic E-state index is 14.9. The average molecular weight is 525 g/mol. The molecule has 1 N–H and O–H groups in total. The van der Waals surface area contributed by atoms with Crippen molar-refractivity contribution in [1.29, 1.82) is 0 Å². The first kappa shape index (κ1) is 25.3. The Morgan fingerprint density at radius 1 is 1.16 bits per heavy atom. The van der Waals surface area contributed by atoms with E-state index in [0.717, 1.165) is 49.9 Å². The molecule has 204 valence electrons. The van der Waals surface area contributed by atoms with E-state index >= 15 is 0 Å². The van der Waals surface area contributed by atoms with Crippen molar-refractivity contribution in [2.45, 2.75) is 76.1 Å². The van der Waals surface area contributed by atoms with Crippen molar-refractivity contribution in [1.82, 2.24) is 20.2 Å². The highest BCUT2D eigenvalue weighted by Crippen LogP contribution is 2.51. The molecule has 1 spiro atoms. The fourth-order valence-electron chi connectivity index (χ4n) is 6.27. The minimum atomic E-state index is -1.63. The van der Waals surface area contributed by atoms with Gasteiger partial charge in [0.25, 0.3) is 11.8 Å². The number of likely N-dealkylation sites (tertiary alicyclic amines) is 1. The van der Waals surface area contributed by atoms with Crippen molar-refractivity contribution in [2.24, 2.45) is 5.41 Å². The largest absolute Gasteiger partial charge is 0.485 e. The number of aromatic nitrogens is 2. The molecular formula is C29H37FN4O4. The monoisotopic (exact) mass is 524 g/mol. The molecule has 0 bridgehead atoms. The van der Waals surface area contributed by atoms with Gasteiger partial charge in [-0.05, 0) is 89.1 Å². The fourth-order valence-corrected chi connectivity index (χ4v) is 6.27. The SMILES string of the molecule is CCOc1ncccc1-c1ccc(OC2CC3(C2)CN(C(=O)C2(F)CCCC2)C3)c(OCC[C@H]2CCN2)n1. The second-order valence-corrected chi connectivity index (χ2v) is 11.3. The molecule has 9 heteroatoms. The predicted octanol–water partition coefficient (Wildman–Crippen LogP) is 4.33. The van der Waals surface area contributed by atoms with Crippen molar-refractivity contribution in [3.63, 3.8) is 0 Å². The maximum Gasteiger partial charge on any atom is 0.260 e. The summed E-state index contributed by atoms with van der Waals surface area (Å²) < 4.78 is 33.1. The molecule has 8 nitrogen and oxygen atoms in total. The lowest BCUT2D eigenvalue weighted by Crippen LogP contribution is -2.68. The molecule has 2 aromatic rings. The predicted molar refractivity (Wildman–Crippen MR) is 140 cm³/mol. The van der Waals surface area contributed by atoms with Crippen LogP contribution in [-0.2, 0) is 4.79 Å². The Morgan fingerprint density at radius 2 is 1.95 bits per heavy atom. The third-order valence-corrected chi connectivity index (χ3v) is 8.52. The molecule has 1 amide bonds. The van der Waals surface area contributed by atoms with E-state index in [2.05, 4.69) is 10.3 Å². The maximum atomic E-state index is 14.9. The summed E-state index contributed by atoms with van der Waals surface area (Å²) in [5.74, 6) is 1.33. The van der Waals surface area contributed by atoms with Crippen LogP contribution in [0.5, 0.6) is 17.5 Å². The smallest absolute Gasteiger partial charge is 0.260 e. The summed E-state index contributed by atoms with van der Waals surface area (Å²) in [5.41, 5.74) is -0.0504. The Hall–Kier alpha value is -2.94. The van der Waals surface area contributed by atoms with Crippen molar-refractivity contribution in [3.05, 3.63) is 30.5 Å². The number of hydrogen-bond donors (Lipinski definition) is 1. The molecular weight excluding hydrogens is 487 g/mol. The zero-order valence-corrected chi connectivity index (χ0v) is 22.1. The fraction of sp³-hybridized carbons (Fsp3) is 0.621. The summed E-state index contributed by atoms with van der Waals surface area (Å²) in [5, 5.41) is 3.40. The molecule has 6 rings (SSSR count). The van der Waals surface area contributed by atoms with Gasteiger partial charge in [-0.15, -0.1) is 0 Å². The molecule has 0 unspecified atom stereocenters. The van der Waals surface area contributed by atoms with Crippen molar-refractivity contribution < 1.29 is 23.4 Å². The molecule has 4 fully saturated rings. The number of amides is 1. The van der Waals surface area contributed by atoms with Crippen LogP contribution in [-0.4, -0.2) is 71.4 Å². The van der Waals surface area contributed by atoms with E-state index in [9.17, 15) is 9.18 Å². The zero-order chi connectivity index (χ0) is 26.2. The number of carbonyl (C=O) groups excluding carboxylic acids is 1. The summed E-state index contributed by atoms with van der Waals surface area (Å²) in [7, 11) is 0. The van der Waals surface area contributed by atoms with Crippen LogP contribution >= 0.6 is 0 Å². The second-order valence-electron chi connectivity index (χ2n) is 11.3. The van der Waals surface area contributed by atoms with Crippen LogP contribution in [0.3, 0.4) is 0 Å². The van der Waals surface area contributed by atoms with Crippen LogP contribution in [0, 0.1) is 5.41 Å². The summed E-state index contributed by atoms with van der Waals surface area (Å²) in [6.45, 7) is 5.32. The number of halogens is 1. The number of ether oxygens (including phenoxy) is 3. The first-order valence-electron chi connectivity index (χ1n) is 14.1. The lowest BCUT2D eigenvalue weighted by Gasteiger charge is -2.59. The standard InChI is InChI=1S/C29H37FN4O4/c1-2-36-25-22(6-5-13-32-25)23-7-8-24(26(33-23)37-15-10-20-9-14-31-20)38-21-16-28(17-21)18-34(19-28)27(35)29(30)11-3-4-12-29/h5-8,13,20-21,31H,2-4,9-12,14-19H2,1H3/t20-/m1/s1. The molecule has 2 saturated heterocycles. The quantitative estimate of drug-likeness (QED) is 0.495. The van der Waals surface area contributed by atoms with E-state index in [1.165, 1.54) is 6.42 Å². The zero-order valence-electron chi connectivity index (χ0n) is 22.1. The number of rotatable bonds is 10. The molecule has 0 radical (unpaired) electrons. The Kier molecular flexibility index (Phi) is 6.88. The van der Waals surface area contributed by atoms with E-state index in [4.69, 9.17) is 19.2 Å². The molecule has 2 aromatic heterocycles. The molecule has 0 aromatic carbocycles. The summed E-state index contributed by atoms with van der Waals surface area (Å²) in [6, 6.07) is 8.13. The van der Waals surface area contributed by atoms with Crippen molar-refractivity contribution in [3.8, 4) is 28.8 Å². The molecule has 4 aliphatic rings. The molecule has 1 atom stereocenters. The van der Waals surface area contributed by atoms with Crippen LogP contribution in [0.1, 0.15) is 58.3 Å². The second kappa shape index (κ2) is 10.3. The third-order valence-electron chi connectivity index (χ3n) is 8.52. The molecule has 2 aliphatic heterocycles. The lowest BCUT2D eigenvalue weighted by atomic mass is 9.61. The van der Waals surface area contributed by atoms with Gasteiger partial charge in [0.05, 0.1) is 24.5 Å². The molecule has 2 aliphatic carbocycles. The van der Waals surface area contributed by atoms with E-state index in [1.807, 2.05) is 31.2 Å². The first-order chi connectivity index (χ1) is 18.5. The molecule has 4 heterocycles. The van der Waals surface area contributed by atoms with Gasteiger partial charge < -0.3 is 24.4 Å². The minimum Gasteiger partial charge on any atom is -0.485 e. The third kappa shape index (κ3) is 4.93. The number of alkyl halides is 1. The normalized spacial score (nSPS) is 23.3. The Morgan fingerprint density at radius 3 is 2.66 bits per heavy atom. The highest BCUT2D eigenvalue weighted by molar-refractivity contribution is 5.86. The Bertz CT molecular complexity index is 1150. The van der Waals surface area contributed by atoms with Gasteiger partial charge in [-0.1, -0.05) is 0 Å². The van der Waals surface area contributed by atoms with Gasteiger partial charge in [0, 0.05) is 30.7 Å². The van der Waals surface area contributed by atoms with Gasteiger partial charge >= 0.3 is 0 Å². The van der Waals surface area contributed by atoms with Crippen LogP contribution in [0.4, 0.5) is 4.39 Å². The van der Waals surface area contributed by atoms with Gasteiger partial charge in [0.1, 0.15) is 6.10 Å². The first-order valence-corrected chi connectivity index (χ1v) is 14.1.